The van der Waals surface area contributed by atoms with Crippen molar-refractivity contribution in [3.05, 3.63) is 88.6 Å². The molecule has 0 saturated heterocycles. The molecule has 0 saturated carbocycles. The van der Waals surface area contributed by atoms with Crippen LogP contribution in [0.5, 0.6) is 11.5 Å². The van der Waals surface area contributed by atoms with Gasteiger partial charge in [0, 0.05) is 16.5 Å². The Kier molecular flexibility index (Phi) is 7.18. The highest BCUT2D eigenvalue weighted by molar-refractivity contribution is 6.32. The van der Waals surface area contributed by atoms with Crippen LogP contribution in [0.15, 0.2) is 71.1 Å². The first-order chi connectivity index (χ1) is 16.5. The molecule has 0 radical (unpaired) electrons. The van der Waals surface area contributed by atoms with Crippen LogP contribution in [-0.4, -0.2) is 25.4 Å². The molecule has 174 valence electrons. The van der Waals surface area contributed by atoms with Gasteiger partial charge in [-0.1, -0.05) is 37.1 Å². The van der Waals surface area contributed by atoms with Crippen LogP contribution in [0, 0.1) is 0 Å². The number of anilines is 1. The van der Waals surface area contributed by atoms with Crippen molar-refractivity contribution in [3.8, 4) is 11.5 Å². The highest BCUT2D eigenvalue weighted by atomic mass is 35.5. The summed E-state index contributed by atoms with van der Waals surface area (Å²) in [4.78, 5) is 26.3. The highest BCUT2D eigenvalue weighted by Gasteiger charge is 2.24. The molecule has 1 aromatic heterocycles. The Hall–Kier alpha value is -3.77. The van der Waals surface area contributed by atoms with Gasteiger partial charge in [0.2, 0.25) is 5.78 Å². The number of nitrogens with one attached hydrogen (secondary N) is 1. The van der Waals surface area contributed by atoms with Crippen molar-refractivity contribution in [2.75, 3.05) is 19.0 Å². The summed E-state index contributed by atoms with van der Waals surface area (Å²) in [5.41, 5.74) is 1.54. The molecule has 4 aromatic rings. The molecule has 0 atom stereocenters. The third-order valence-electron chi connectivity index (χ3n) is 5.34. The van der Waals surface area contributed by atoms with Crippen LogP contribution >= 0.6 is 11.6 Å². The molecule has 7 heteroatoms. The maximum Gasteiger partial charge on any atom is 0.255 e. The summed E-state index contributed by atoms with van der Waals surface area (Å²) in [7, 11) is 1.50. The number of para-hydroxylation sites is 1. The maximum absolute atomic E-state index is 13.3. The number of hydrogen-bond donors (Lipinski definition) is 1. The van der Waals surface area contributed by atoms with Gasteiger partial charge in [-0.15, -0.1) is 0 Å². The number of benzene rings is 3. The van der Waals surface area contributed by atoms with Crippen molar-refractivity contribution in [1.29, 1.82) is 0 Å². The number of ether oxygens (including phenoxy) is 2. The topological polar surface area (TPSA) is 77.8 Å². The summed E-state index contributed by atoms with van der Waals surface area (Å²) in [6.45, 7) is 2.72. The minimum atomic E-state index is -0.407. The Morgan fingerprint density at radius 3 is 2.44 bits per heavy atom. The van der Waals surface area contributed by atoms with Gasteiger partial charge in [0.25, 0.3) is 5.91 Å². The average molecular weight is 478 g/mol. The first kappa shape index (κ1) is 23.4. The molecule has 0 unspecified atom stereocenters. The number of fused-ring (bicyclic) bond motifs is 1. The lowest BCUT2D eigenvalue weighted by Crippen LogP contribution is -2.14. The summed E-state index contributed by atoms with van der Waals surface area (Å²) < 4.78 is 16.7. The van der Waals surface area contributed by atoms with Crippen molar-refractivity contribution < 1.29 is 23.5 Å². The van der Waals surface area contributed by atoms with E-state index in [9.17, 15) is 9.59 Å². The average Bonchev–Trinajstić information content (AvgIpc) is 3.22. The maximum atomic E-state index is 13.3. The lowest BCUT2D eigenvalue weighted by Gasteiger charge is -2.09. The second-order valence-electron chi connectivity index (χ2n) is 7.66. The van der Waals surface area contributed by atoms with E-state index in [0.29, 0.717) is 50.9 Å². The Morgan fingerprint density at radius 1 is 1.00 bits per heavy atom. The summed E-state index contributed by atoms with van der Waals surface area (Å²) in [6, 6.07) is 18.7. The van der Waals surface area contributed by atoms with Gasteiger partial charge in [0.1, 0.15) is 17.1 Å². The normalized spacial score (nSPS) is 10.8. The first-order valence-corrected chi connectivity index (χ1v) is 11.3. The zero-order chi connectivity index (χ0) is 24.1. The van der Waals surface area contributed by atoms with Crippen LogP contribution in [0.3, 0.4) is 0 Å². The second-order valence-corrected chi connectivity index (χ2v) is 8.07. The third kappa shape index (κ3) is 4.92. The summed E-state index contributed by atoms with van der Waals surface area (Å²) >= 11 is 6.21. The quantitative estimate of drug-likeness (QED) is 0.213. The van der Waals surface area contributed by atoms with Crippen LogP contribution < -0.4 is 14.8 Å². The smallest absolute Gasteiger partial charge is 0.255 e. The zero-order valence-electron chi connectivity index (χ0n) is 18.9. The molecule has 0 bridgehead atoms. The van der Waals surface area contributed by atoms with E-state index in [1.807, 2.05) is 6.07 Å². The molecule has 34 heavy (non-hydrogen) atoms. The van der Waals surface area contributed by atoms with Gasteiger partial charge < -0.3 is 19.2 Å². The molecule has 0 aliphatic carbocycles. The van der Waals surface area contributed by atoms with E-state index in [1.165, 1.54) is 13.2 Å². The van der Waals surface area contributed by atoms with E-state index in [0.717, 1.165) is 12.8 Å². The van der Waals surface area contributed by atoms with E-state index in [2.05, 4.69) is 12.2 Å². The molecule has 1 heterocycles. The fourth-order valence-electron chi connectivity index (χ4n) is 3.49. The number of carbonyl (C=O) groups excluding carboxylic acids is 2. The minimum Gasteiger partial charge on any atom is -0.495 e. The van der Waals surface area contributed by atoms with Gasteiger partial charge in [-0.05, 0) is 61.0 Å². The molecule has 0 spiro atoms. The summed E-state index contributed by atoms with van der Waals surface area (Å²) in [5.74, 6) is 0.406. The Labute approximate surface area is 202 Å². The van der Waals surface area contributed by atoms with Crippen molar-refractivity contribution >= 4 is 39.9 Å². The van der Waals surface area contributed by atoms with Gasteiger partial charge in [0.05, 0.1) is 24.4 Å². The SMILES string of the molecule is CCCCOc1ccc(C(=O)Nc2c(C(=O)c3ccc(OC)c(Cl)c3)oc3ccccc23)cc1. The molecule has 1 N–H and O–H groups in total. The van der Waals surface area contributed by atoms with Gasteiger partial charge in [0.15, 0.2) is 5.76 Å². The van der Waals surface area contributed by atoms with Crippen molar-refractivity contribution in [2.45, 2.75) is 19.8 Å². The molecule has 3 aromatic carbocycles. The van der Waals surface area contributed by atoms with E-state index in [4.69, 9.17) is 25.5 Å². The predicted molar refractivity (Wildman–Crippen MR) is 132 cm³/mol. The number of ketones is 1. The Morgan fingerprint density at radius 2 is 1.74 bits per heavy atom. The first-order valence-electron chi connectivity index (χ1n) is 11.0. The molecule has 4 rings (SSSR count). The third-order valence-corrected chi connectivity index (χ3v) is 5.63. The molecule has 0 fully saturated rings. The molecular weight excluding hydrogens is 454 g/mol. The van der Waals surface area contributed by atoms with E-state index < -0.39 is 5.78 Å². The second kappa shape index (κ2) is 10.4. The number of furan rings is 1. The monoisotopic (exact) mass is 477 g/mol. The molecule has 0 aliphatic rings. The van der Waals surface area contributed by atoms with Crippen LogP contribution in [0.1, 0.15) is 46.2 Å². The summed E-state index contributed by atoms with van der Waals surface area (Å²) in [5, 5.41) is 3.78. The number of rotatable bonds is 9. The van der Waals surface area contributed by atoms with Gasteiger partial charge in [-0.25, -0.2) is 0 Å². The lowest BCUT2D eigenvalue weighted by molar-refractivity contribution is 0.101. The number of methoxy groups -OCH3 is 1. The fourth-order valence-corrected chi connectivity index (χ4v) is 3.75. The molecule has 1 amide bonds. The number of hydrogen-bond acceptors (Lipinski definition) is 5. The number of halogens is 1. The molecule has 6 nitrogen and oxygen atoms in total. The van der Waals surface area contributed by atoms with Crippen LogP contribution in [-0.2, 0) is 0 Å². The fraction of sp³-hybridized carbons (Fsp3) is 0.185. The van der Waals surface area contributed by atoms with E-state index in [-0.39, 0.29) is 11.7 Å². The van der Waals surface area contributed by atoms with E-state index >= 15 is 0 Å². The minimum absolute atomic E-state index is 0.0234. The van der Waals surface area contributed by atoms with Gasteiger partial charge >= 0.3 is 0 Å². The highest BCUT2D eigenvalue weighted by Crippen LogP contribution is 2.34. The summed E-state index contributed by atoms with van der Waals surface area (Å²) in [6.07, 6.45) is 2.01. The van der Waals surface area contributed by atoms with Crippen LogP contribution in [0.4, 0.5) is 5.69 Å². The zero-order valence-corrected chi connectivity index (χ0v) is 19.6. The van der Waals surface area contributed by atoms with Crippen molar-refractivity contribution in [1.82, 2.24) is 0 Å². The van der Waals surface area contributed by atoms with Crippen molar-refractivity contribution in [2.24, 2.45) is 0 Å². The lowest BCUT2D eigenvalue weighted by atomic mass is 10.1. The van der Waals surface area contributed by atoms with Crippen LogP contribution in [0.2, 0.25) is 5.02 Å². The number of carbonyl (C=O) groups is 2. The van der Waals surface area contributed by atoms with Crippen molar-refractivity contribution in [3.63, 3.8) is 0 Å². The van der Waals surface area contributed by atoms with Crippen LogP contribution in [0.25, 0.3) is 11.0 Å². The van der Waals surface area contributed by atoms with Gasteiger partial charge in [-0.2, -0.15) is 0 Å². The van der Waals surface area contributed by atoms with E-state index in [1.54, 1.807) is 54.6 Å². The largest absolute Gasteiger partial charge is 0.495 e. The Balaban J connectivity index is 1.63. The van der Waals surface area contributed by atoms with Gasteiger partial charge in [-0.3, -0.25) is 9.59 Å². The number of amides is 1. The molecule has 0 aliphatic heterocycles. The molecular formula is C27H24ClNO5. The standard InChI is InChI=1S/C27H24ClNO5/c1-3-4-15-33-19-12-9-17(10-13-19)27(31)29-24-20-7-5-6-8-22(20)34-26(24)25(30)18-11-14-23(32-2)21(28)16-18/h5-14,16H,3-4,15H2,1-2H3,(H,29,31). The predicted octanol–water partition coefficient (Wildman–Crippen LogP) is 6.76. The number of unbranched alkanes of at least 4 members (excludes halogenated alkanes) is 1. The Bertz CT molecular complexity index is 1330.